The van der Waals surface area contributed by atoms with Crippen LogP contribution in [0, 0.1) is 0 Å². The summed E-state index contributed by atoms with van der Waals surface area (Å²) in [6.07, 6.45) is 2.25. The van der Waals surface area contributed by atoms with Crippen LogP contribution in [0.2, 0.25) is 10.0 Å². The summed E-state index contributed by atoms with van der Waals surface area (Å²) >= 11 is 12.4. The molecule has 0 aliphatic carbocycles. The minimum absolute atomic E-state index is 0.153. The number of anilines is 2. The molecule has 0 heterocycles. The number of esters is 1. The van der Waals surface area contributed by atoms with E-state index in [2.05, 4.69) is 12.2 Å². The Labute approximate surface area is 164 Å². The van der Waals surface area contributed by atoms with Gasteiger partial charge in [0.15, 0.2) is 0 Å². The lowest BCUT2D eigenvalue weighted by molar-refractivity contribution is -0.144. The summed E-state index contributed by atoms with van der Waals surface area (Å²) in [6, 6.07) is 12.8. The molecule has 6 heteroatoms. The summed E-state index contributed by atoms with van der Waals surface area (Å²) in [4.78, 5) is 12.1. The number of nitrogens with one attached hydrogen (secondary N) is 1. The Morgan fingerprint density at radius 3 is 2.46 bits per heavy atom. The summed E-state index contributed by atoms with van der Waals surface area (Å²) < 4.78 is 10.6. The van der Waals surface area contributed by atoms with Gasteiger partial charge >= 0.3 is 5.97 Å². The molecule has 0 aliphatic heterocycles. The summed E-state index contributed by atoms with van der Waals surface area (Å²) in [5, 5.41) is 4.23. The predicted octanol–water partition coefficient (Wildman–Crippen LogP) is 5.64. The van der Waals surface area contributed by atoms with Gasteiger partial charge in [0, 0.05) is 12.3 Å². The Kier molecular flexibility index (Phi) is 8.75. The smallest absolute Gasteiger partial charge is 0.310 e. The van der Waals surface area contributed by atoms with Crippen molar-refractivity contribution >= 4 is 40.5 Å². The van der Waals surface area contributed by atoms with Gasteiger partial charge in [0.1, 0.15) is 6.61 Å². The lowest BCUT2D eigenvalue weighted by atomic mass is 10.1. The zero-order chi connectivity index (χ0) is 18.8. The summed E-state index contributed by atoms with van der Waals surface area (Å²) in [7, 11) is 0. The molecular weight excluding hydrogens is 373 g/mol. The van der Waals surface area contributed by atoms with Crippen molar-refractivity contribution in [1.82, 2.24) is 0 Å². The molecule has 0 aliphatic rings. The first kappa shape index (κ1) is 20.6. The van der Waals surface area contributed by atoms with Gasteiger partial charge in [0.2, 0.25) is 0 Å². The fourth-order valence-corrected chi connectivity index (χ4v) is 2.81. The Morgan fingerprint density at radius 1 is 1.00 bits per heavy atom. The fourth-order valence-electron chi connectivity index (χ4n) is 2.32. The quantitative estimate of drug-likeness (QED) is 0.417. The SMILES string of the molecule is CCCCOCCOC(=O)Cc1ccccc1Nc1c(Cl)cccc1Cl. The summed E-state index contributed by atoms with van der Waals surface area (Å²) in [5.41, 5.74) is 2.18. The highest BCUT2D eigenvalue weighted by Gasteiger charge is 2.12. The lowest BCUT2D eigenvalue weighted by Crippen LogP contribution is -2.13. The van der Waals surface area contributed by atoms with Gasteiger partial charge in [-0.3, -0.25) is 4.79 Å². The third-order valence-corrected chi connectivity index (χ3v) is 4.34. The molecule has 0 bridgehead atoms. The highest BCUT2D eigenvalue weighted by atomic mass is 35.5. The number of carbonyl (C=O) groups is 1. The van der Waals surface area contributed by atoms with Gasteiger partial charge in [0.05, 0.1) is 28.8 Å². The first-order chi connectivity index (χ1) is 12.6. The molecule has 140 valence electrons. The maximum atomic E-state index is 12.1. The minimum atomic E-state index is -0.302. The van der Waals surface area contributed by atoms with Crippen LogP contribution in [-0.2, 0) is 20.7 Å². The molecule has 0 unspecified atom stereocenters. The van der Waals surface area contributed by atoms with Crippen molar-refractivity contribution < 1.29 is 14.3 Å². The van der Waals surface area contributed by atoms with E-state index in [0.29, 0.717) is 28.9 Å². The number of benzene rings is 2. The molecular formula is C20H23Cl2NO3. The number of carbonyl (C=O) groups excluding carboxylic acids is 1. The van der Waals surface area contributed by atoms with Gasteiger partial charge in [-0.2, -0.15) is 0 Å². The largest absolute Gasteiger partial charge is 0.463 e. The first-order valence-electron chi connectivity index (χ1n) is 8.64. The van der Waals surface area contributed by atoms with E-state index < -0.39 is 0 Å². The molecule has 0 amide bonds. The topological polar surface area (TPSA) is 47.6 Å². The van der Waals surface area contributed by atoms with Crippen molar-refractivity contribution in [3.63, 3.8) is 0 Å². The number of ether oxygens (including phenoxy) is 2. The standard InChI is InChI=1S/C20H23Cl2NO3/c1-2-3-11-25-12-13-26-19(24)14-15-7-4-5-10-18(15)23-20-16(21)8-6-9-17(20)22/h4-10,23H,2-3,11-14H2,1H3. The molecule has 2 rings (SSSR count). The molecule has 0 radical (unpaired) electrons. The molecule has 0 aromatic heterocycles. The zero-order valence-corrected chi connectivity index (χ0v) is 16.3. The predicted molar refractivity (Wildman–Crippen MR) is 107 cm³/mol. The second kappa shape index (κ2) is 11.1. The third kappa shape index (κ3) is 6.52. The van der Waals surface area contributed by atoms with Crippen LogP contribution in [0.4, 0.5) is 11.4 Å². The Bertz CT molecular complexity index is 702. The average molecular weight is 396 g/mol. The zero-order valence-electron chi connectivity index (χ0n) is 14.8. The van der Waals surface area contributed by atoms with E-state index in [1.807, 2.05) is 24.3 Å². The molecule has 1 N–H and O–H groups in total. The van der Waals surface area contributed by atoms with Crippen LogP contribution >= 0.6 is 23.2 Å². The minimum Gasteiger partial charge on any atom is -0.463 e. The maximum absolute atomic E-state index is 12.1. The molecule has 0 saturated carbocycles. The number of hydrogen-bond donors (Lipinski definition) is 1. The Morgan fingerprint density at radius 2 is 1.73 bits per heavy atom. The van der Waals surface area contributed by atoms with Crippen LogP contribution in [0.15, 0.2) is 42.5 Å². The van der Waals surface area contributed by atoms with Crippen molar-refractivity contribution in [3.8, 4) is 0 Å². The number of halogens is 2. The van der Waals surface area contributed by atoms with E-state index >= 15 is 0 Å². The van der Waals surface area contributed by atoms with Crippen molar-refractivity contribution in [1.29, 1.82) is 0 Å². The molecule has 0 spiro atoms. The van der Waals surface area contributed by atoms with Crippen molar-refractivity contribution in [2.45, 2.75) is 26.2 Å². The number of para-hydroxylation sites is 2. The average Bonchev–Trinajstić information content (AvgIpc) is 2.62. The van der Waals surface area contributed by atoms with E-state index in [0.717, 1.165) is 24.1 Å². The molecule has 4 nitrogen and oxygen atoms in total. The van der Waals surface area contributed by atoms with Crippen LogP contribution in [0.3, 0.4) is 0 Å². The maximum Gasteiger partial charge on any atom is 0.310 e. The fraction of sp³-hybridized carbons (Fsp3) is 0.350. The van der Waals surface area contributed by atoms with Crippen LogP contribution in [0.5, 0.6) is 0 Å². The lowest BCUT2D eigenvalue weighted by Gasteiger charge is -2.14. The van der Waals surface area contributed by atoms with E-state index in [1.165, 1.54) is 0 Å². The molecule has 0 fully saturated rings. The van der Waals surface area contributed by atoms with Gasteiger partial charge in [-0.05, 0) is 30.2 Å². The first-order valence-corrected chi connectivity index (χ1v) is 9.39. The second-order valence-corrected chi connectivity index (χ2v) is 6.56. The van der Waals surface area contributed by atoms with Gasteiger partial charge in [-0.25, -0.2) is 0 Å². The van der Waals surface area contributed by atoms with E-state index in [1.54, 1.807) is 18.2 Å². The van der Waals surface area contributed by atoms with Crippen LogP contribution < -0.4 is 5.32 Å². The van der Waals surface area contributed by atoms with Crippen LogP contribution in [0.25, 0.3) is 0 Å². The number of hydrogen-bond acceptors (Lipinski definition) is 4. The normalized spacial score (nSPS) is 10.6. The van der Waals surface area contributed by atoms with Gasteiger partial charge in [-0.1, -0.05) is 60.8 Å². The van der Waals surface area contributed by atoms with Crippen LogP contribution in [-0.4, -0.2) is 25.8 Å². The van der Waals surface area contributed by atoms with E-state index in [9.17, 15) is 4.79 Å². The third-order valence-electron chi connectivity index (χ3n) is 3.71. The monoisotopic (exact) mass is 395 g/mol. The second-order valence-electron chi connectivity index (χ2n) is 5.74. The van der Waals surface area contributed by atoms with E-state index in [-0.39, 0.29) is 19.0 Å². The molecule has 26 heavy (non-hydrogen) atoms. The number of rotatable bonds is 10. The van der Waals surface area contributed by atoms with Crippen molar-refractivity contribution in [3.05, 3.63) is 58.1 Å². The van der Waals surface area contributed by atoms with Gasteiger partial charge in [-0.15, -0.1) is 0 Å². The summed E-state index contributed by atoms with van der Waals surface area (Å²) in [6.45, 7) is 3.47. The summed E-state index contributed by atoms with van der Waals surface area (Å²) in [5.74, 6) is -0.302. The number of unbranched alkanes of at least 4 members (excludes halogenated alkanes) is 1. The molecule has 2 aromatic rings. The molecule has 0 saturated heterocycles. The van der Waals surface area contributed by atoms with Crippen molar-refractivity contribution in [2.75, 3.05) is 25.1 Å². The van der Waals surface area contributed by atoms with Crippen LogP contribution in [0.1, 0.15) is 25.3 Å². The highest BCUT2D eigenvalue weighted by molar-refractivity contribution is 6.39. The van der Waals surface area contributed by atoms with Gasteiger partial charge in [0.25, 0.3) is 0 Å². The van der Waals surface area contributed by atoms with Crippen molar-refractivity contribution in [2.24, 2.45) is 0 Å². The molecule has 0 atom stereocenters. The Balaban J connectivity index is 1.93. The highest BCUT2D eigenvalue weighted by Crippen LogP contribution is 2.33. The van der Waals surface area contributed by atoms with E-state index in [4.69, 9.17) is 32.7 Å². The Hall–Kier alpha value is -1.75. The van der Waals surface area contributed by atoms with Gasteiger partial charge < -0.3 is 14.8 Å². The molecule has 2 aromatic carbocycles.